The van der Waals surface area contributed by atoms with Crippen molar-refractivity contribution in [3.05, 3.63) is 95.9 Å². The standard InChI is InChI=1S/C31H31N5O3/c1-22-11-12-32-28(19-22)35-15-13-34(14-16-35)25-9-7-24(8-10-25)33-31(38)30(37)29-27(23-5-3-2-4-6-23)20-26-21-39-18-17-36(26)29/h2-12,19-20H,13-18,21H2,1H3,(H,33,38). The summed E-state index contributed by atoms with van der Waals surface area (Å²) in [6, 6.07) is 23.5. The van der Waals surface area contributed by atoms with E-state index in [9.17, 15) is 9.59 Å². The van der Waals surface area contributed by atoms with Crippen LogP contribution in [0.1, 0.15) is 21.7 Å². The number of carbonyl (C=O) groups is 2. The average molecular weight is 522 g/mol. The number of hydrogen-bond donors (Lipinski definition) is 1. The highest BCUT2D eigenvalue weighted by molar-refractivity contribution is 6.47. The van der Waals surface area contributed by atoms with Gasteiger partial charge in [-0.2, -0.15) is 0 Å². The van der Waals surface area contributed by atoms with Crippen molar-refractivity contribution in [2.75, 3.05) is 47.9 Å². The Morgan fingerprint density at radius 1 is 0.872 bits per heavy atom. The van der Waals surface area contributed by atoms with E-state index in [0.717, 1.165) is 54.5 Å². The molecule has 39 heavy (non-hydrogen) atoms. The first kappa shape index (κ1) is 24.9. The van der Waals surface area contributed by atoms with Crippen molar-refractivity contribution in [2.24, 2.45) is 0 Å². The third kappa shape index (κ3) is 5.15. The number of ketones is 1. The van der Waals surface area contributed by atoms with Crippen LogP contribution in [0.3, 0.4) is 0 Å². The molecule has 1 saturated heterocycles. The molecule has 0 atom stereocenters. The molecule has 198 valence electrons. The molecule has 0 bridgehead atoms. The van der Waals surface area contributed by atoms with E-state index >= 15 is 0 Å². The van der Waals surface area contributed by atoms with Crippen LogP contribution in [0.4, 0.5) is 17.2 Å². The number of nitrogens with one attached hydrogen (secondary N) is 1. The summed E-state index contributed by atoms with van der Waals surface area (Å²) in [5, 5.41) is 2.81. The number of ether oxygens (including phenoxy) is 1. The van der Waals surface area contributed by atoms with Gasteiger partial charge in [-0.05, 0) is 60.5 Å². The molecule has 0 saturated carbocycles. The number of pyridine rings is 1. The Labute approximate surface area is 227 Å². The van der Waals surface area contributed by atoms with Crippen LogP contribution in [0.15, 0.2) is 79.0 Å². The van der Waals surface area contributed by atoms with Crippen molar-refractivity contribution in [3.8, 4) is 11.1 Å². The number of amides is 1. The van der Waals surface area contributed by atoms with Crippen LogP contribution in [0.25, 0.3) is 11.1 Å². The van der Waals surface area contributed by atoms with Crippen molar-refractivity contribution in [3.63, 3.8) is 0 Å². The molecule has 2 aromatic carbocycles. The van der Waals surface area contributed by atoms with E-state index in [1.54, 1.807) is 0 Å². The molecule has 0 radical (unpaired) electrons. The zero-order chi connectivity index (χ0) is 26.8. The lowest BCUT2D eigenvalue weighted by Crippen LogP contribution is -2.46. The van der Waals surface area contributed by atoms with Gasteiger partial charge in [0.15, 0.2) is 0 Å². The van der Waals surface area contributed by atoms with Crippen LogP contribution in [-0.2, 0) is 22.7 Å². The number of anilines is 3. The van der Waals surface area contributed by atoms with Crippen LogP contribution in [-0.4, -0.2) is 54.0 Å². The fraction of sp³-hybridized carbons (Fsp3) is 0.258. The van der Waals surface area contributed by atoms with Crippen molar-refractivity contribution < 1.29 is 14.3 Å². The van der Waals surface area contributed by atoms with Crippen LogP contribution < -0.4 is 15.1 Å². The number of Topliss-reactive ketones (excluding diaryl/α,β-unsaturated/α-hetero) is 1. The highest BCUT2D eigenvalue weighted by Crippen LogP contribution is 2.30. The molecule has 4 heterocycles. The summed E-state index contributed by atoms with van der Waals surface area (Å²) in [6.07, 6.45) is 1.86. The molecule has 4 aromatic rings. The molecule has 2 aliphatic heterocycles. The Morgan fingerprint density at radius 2 is 1.62 bits per heavy atom. The van der Waals surface area contributed by atoms with E-state index in [4.69, 9.17) is 4.74 Å². The number of nitrogens with zero attached hydrogens (tertiary/aromatic N) is 4. The van der Waals surface area contributed by atoms with Gasteiger partial charge in [0.1, 0.15) is 11.5 Å². The van der Waals surface area contributed by atoms with Gasteiger partial charge in [-0.15, -0.1) is 0 Å². The van der Waals surface area contributed by atoms with E-state index in [0.29, 0.717) is 31.1 Å². The predicted octanol–water partition coefficient (Wildman–Crippen LogP) is 4.54. The number of piperazine rings is 1. The molecule has 1 amide bonds. The zero-order valence-corrected chi connectivity index (χ0v) is 22.0. The zero-order valence-electron chi connectivity index (χ0n) is 22.0. The monoisotopic (exact) mass is 521 g/mol. The minimum absolute atomic E-state index is 0.412. The smallest absolute Gasteiger partial charge is 0.298 e. The Hall–Kier alpha value is -4.43. The molecule has 1 N–H and O–H groups in total. The minimum Gasteiger partial charge on any atom is -0.373 e. The first-order chi connectivity index (χ1) is 19.1. The lowest BCUT2D eigenvalue weighted by molar-refractivity contribution is -0.112. The van der Waals surface area contributed by atoms with E-state index in [2.05, 4.69) is 33.1 Å². The highest BCUT2D eigenvalue weighted by Gasteiger charge is 2.28. The molecule has 8 nitrogen and oxygen atoms in total. The number of benzene rings is 2. The van der Waals surface area contributed by atoms with Gasteiger partial charge in [0.25, 0.3) is 11.7 Å². The van der Waals surface area contributed by atoms with Gasteiger partial charge in [-0.3, -0.25) is 9.59 Å². The van der Waals surface area contributed by atoms with Gasteiger partial charge in [0, 0.05) is 61.6 Å². The molecule has 6 rings (SSSR count). The number of aromatic nitrogens is 2. The first-order valence-electron chi connectivity index (χ1n) is 13.3. The molecular weight excluding hydrogens is 490 g/mol. The predicted molar refractivity (Wildman–Crippen MR) is 152 cm³/mol. The van der Waals surface area contributed by atoms with Crippen molar-refractivity contribution in [1.82, 2.24) is 9.55 Å². The quantitative estimate of drug-likeness (QED) is 0.297. The Morgan fingerprint density at radius 3 is 2.36 bits per heavy atom. The Bertz CT molecular complexity index is 1490. The maximum Gasteiger partial charge on any atom is 0.298 e. The van der Waals surface area contributed by atoms with Crippen LogP contribution in [0, 0.1) is 6.92 Å². The average Bonchev–Trinajstić information content (AvgIpc) is 3.37. The second kappa shape index (κ2) is 10.7. The number of fused-ring (bicyclic) bond motifs is 1. The van der Waals surface area contributed by atoms with Crippen LogP contribution in [0.2, 0.25) is 0 Å². The second-order valence-electron chi connectivity index (χ2n) is 9.96. The SMILES string of the molecule is Cc1ccnc(N2CCN(c3ccc(NC(=O)C(=O)c4c(-c5ccccc5)cc5n4CCOC5)cc3)CC2)c1. The van der Waals surface area contributed by atoms with Crippen molar-refractivity contribution in [2.45, 2.75) is 20.1 Å². The van der Waals surface area contributed by atoms with E-state index in [-0.39, 0.29) is 0 Å². The normalized spacial score (nSPS) is 15.1. The minimum atomic E-state index is -0.647. The molecular formula is C31H31N5O3. The van der Waals surface area contributed by atoms with Gasteiger partial charge in [0.05, 0.1) is 13.2 Å². The fourth-order valence-corrected chi connectivity index (χ4v) is 5.33. The number of aryl methyl sites for hydroxylation is 1. The van der Waals surface area contributed by atoms with Gasteiger partial charge in [-0.25, -0.2) is 4.98 Å². The molecule has 8 heteroatoms. The summed E-state index contributed by atoms with van der Waals surface area (Å²) in [6.45, 7) is 7.09. The first-order valence-corrected chi connectivity index (χ1v) is 13.3. The van der Waals surface area contributed by atoms with E-state index in [1.807, 2.05) is 77.5 Å². The summed E-state index contributed by atoms with van der Waals surface area (Å²) >= 11 is 0. The van der Waals surface area contributed by atoms with Gasteiger partial charge in [0.2, 0.25) is 0 Å². The summed E-state index contributed by atoms with van der Waals surface area (Å²) in [7, 11) is 0. The van der Waals surface area contributed by atoms with Gasteiger partial charge >= 0.3 is 0 Å². The maximum atomic E-state index is 13.5. The van der Waals surface area contributed by atoms with E-state index < -0.39 is 11.7 Å². The maximum absolute atomic E-state index is 13.5. The number of carbonyl (C=O) groups excluding carboxylic acids is 2. The summed E-state index contributed by atoms with van der Waals surface area (Å²) in [5.41, 5.74) is 5.86. The number of rotatable bonds is 6. The largest absolute Gasteiger partial charge is 0.373 e. The molecule has 2 aromatic heterocycles. The summed E-state index contributed by atoms with van der Waals surface area (Å²) in [4.78, 5) is 35.7. The Kier molecular flexibility index (Phi) is 6.85. The van der Waals surface area contributed by atoms with Crippen LogP contribution >= 0.6 is 0 Å². The lowest BCUT2D eigenvalue weighted by Gasteiger charge is -2.36. The summed E-state index contributed by atoms with van der Waals surface area (Å²) in [5.74, 6) is -0.178. The molecule has 2 aliphatic rings. The lowest BCUT2D eigenvalue weighted by atomic mass is 10.0. The molecule has 0 aliphatic carbocycles. The van der Waals surface area contributed by atoms with Gasteiger partial charge in [-0.1, -0.05) is 30.3 Å². The van der Waals surface area contributed by atoms with Crippen molar-refractivity contribution >= 4 is 28.9 Å². The van der Waals surface area contributed by atoms with Crippen LogP contribution in [0.5, 0.6) is 0 Å². The Balaban J connectivity index is 1.13. The van der Waals surface area contributed by atoms with Crippen molar-refractivity contribution in [1.29, 1.82) is 0 Å². The number of hydrogen-bond acceptors (Lipinski definition) is 6. The molecule has 0 unspecified atom stereocenters. The summed E-state index contributed by atoms with van der Waals surface area (Å²) < 4.78 is 7.51. The van der Waals surface area contributed by atoms with Gasteiger partial charge < -0.3 is 24.4 Å². The third-order valence-corrected chi connectivity index (χ3v) is 7.39. The third-order valence-electron chi connectivity index (χ3n) is 7.39. The molecule has 0 spiro atoms. The topological polar surface area (TPSA) is 79.7 Å². The van der Waals surface area contributed by atoms with E-state index in [1.165, 1.54) is 5.56 Å². The molecule has 1 fully saturated rings. The fourth-order valence-electron chi connectivity index (χ4n) is 5.33. The second-order valence-corrected chi connectivity index (χ2v) is 9.96. The highest BCUT2D eigenvalue weighted by atomic mass is 16.5.